The van der Waals surface area contributed by atoms with Crippen LogP contribution in [0.15, 0.2) is 22.7 Å². The third-order valence-electron chi connectivity index (χ3n) is 3.09. The van der Waals surface area contributed by atoms with Crippen LogP contribution >= 0.6 is 15.9 Å². The molecule has 3 nitrogen and oxygen atoms in total. The number of benzene rings is 1. The number of anilines is 1. The molecule has 2 rings (SSSR count). The molecule has 0 radical (unpaired) electrons. The van der Waals surface area contributed by atoms with Crippen LogP contribution in [0.5, 0.6) is 0 Å². The molecule has 1 heterocycles. The minimum absolute atomic E-state index is 0.0257. The van der Waals surface area contributed by atoms with E-state index in [1.165, 1.54) is 12.5 Å². The molecule has 1 aliphatic rings. The number of amides is 1. The van der Waals surface area contributed by atoms with Gasteiger partial charge >= 0.3 is 0 Å². The van der Waals surface area contributed by atoms with Crippen LogP contribution in [0.1, 0.15) is 25.7 Å². The van der Waals surface area contributed by atoms with Crippen LogP contribution in [0.4, 0.5) is 10.1 Å². The van der Waals surface area contributed by atoms with Gasteiger partial charge in [0.15, 0.2) is 0 Å². The maximum atomic E-state index is 13.0. The number of rotatable bonds is 4. The van der Waals surface area contributed by atoms with Gasteiger partial charge in [-0.3, -0.25) is 4.79 Å². The Balaban J connectivity index is 1.80. The van der Waals surface area contributed by atoms with Gasteiger partial charge in [-0.2, -0.15) is 0 Å². The quantitative estimate of drug-likeness (QED) is 0.896. The predicted molar refractivity (Wildman–Crippen MR) is 73.0 cm³/mol. The Morgan fingerprint density at radius 2 is 2.39 bits per heavy atom. The van der Waals surface area contributed by atoms with E-state index in [2.05, 4.69) is 26.6 Å². The Bertz CT molecular complexity index is 433. The predicted octanol–water partition coefficient (Wildman–Crippen LogP) is 3.06. The second-order valence-corrected chi connectivity index (χ2v) is 5.36. The lowest BCUT2D eigenvalue weighted by molar-refractivity contribution is -0.116. The highest BCUT2D eigenvalue weighted by Crippen LogP contribution is 2.20. The first kappa shape index (κ1) is 13.5. The molecular weight excluding hydrogens is 299 g/mol. The summed E-state index contributed by atoms with van der Waals surface area (Å²) in [6.07, 6.45) is 3.69. The molecule has 5 heteroatoms. The zero-order valence-electron chi connectivity index (χ0n) is 10.0. The van der Waals surface area contributed by atoms with E-state index in [0.29, 0.717) is 22.6 Å². The number of carbonyl (C=O) groups is 1. The molecule has 1 aliphatic heterocycles. The van der Waals surface area contributed by atoms with Crippen LogP contribution in [0.3, 0.4) is 0 Å². The smallest absolute Gasteiger partial charge is 0.224 e. The summed E-state index contributed by atoms with van der Waals surface area (Å²) in [7, 11) is 0. The summed E-state index contributed by atoms with van der Waals surface area (Å²) in [6.45, 7) is 1.05. The fourth-order valence-electron chi connectivity index (χ4n) is 2.11. The van der Waals surface area contributed by atoms with E-state index in [1.54, 1.807) is 12.1 Å². The van der Waals surface area contributed by atoms with E-state index >= 15 is 0 Å². The fraction of sp³-hybridized carbons (Fsp3) is 0.462. The number of hydrogen-bond acceptors (Lipinski definition) is 2. The summed E-state index contributed by atoms with van der Waals surface area (Å²) >= 11 is 3.09. The van der Waals surface area contributed by atoms with Crippen molar-refractivity contribution in [3.05, 3.63) is 28.5 Å². The monoisotopic (exact) mass is 314 g/mol. The number of nitrogens with one attached hydrogen (secondary N) is 2. The zero-order valence-corrected chi connectivity index (χ0v) is 11.6. The molecular formula is C13H16BrFN2O. The van der Waals surface area contributed by atoms with Crippen molar-refractivity contribution < 1.29 is 9.18 Å². The van der Waals surface area contributed by atoms with Crippen molar-refractivity contribution >= 4 is 27.5 Å². The largest absolute Gasteiger partial charge is 0.326 e. The van der Waals surface area contributed by atoms with Crippen molar-refractivity contribution in [2.45, 2.75) is 31.7 Å². The van der Waals surface area contributed by atoms with E-state index in [-0.39, 0.29) is 11.7 Å². The average molecular weight is 315 g/mol. The standard InChI is InChI=1S/C13H16BrFN2O/c14-11-8-10(3-5-12(11)15)17-13(18)6-4-9-2-1-7-16-9/h3,5,8-9,16H,1-2,4,6-7H2,(H,17,18). The minimum atomic E-state index is -0.330. The van der Waals surface area contributed by atoms with Crippen molar-refractivity contribution in [2.24, 2.45) is 0 Å². The zero-order chi connectivity index (χ0) is 13.0. The normalized spacial score (nSPS) is 18.9. The Labute approximate surface area is 114 Å². The molecule has 2 N–H and O–H groups in total. The van der Waals surface area contributed by atoms with E-state index in [0.717, 1.165) is 19.4 Å². The van der Waals surface area contributed by atoms with Crippen LogP contribution in [-0.2, 0) is 4.79 Å². The summed E-state index contributed by atoms with van der Waals surface area (Å²) in [5, 5.41) is 6.13. The first-order valence-corrected chi connectivity index (χ1v) is 6.93. The van der Waals surface area contributed by atoms with Crippen LogP contribution < -0.4 is 10.6 Å². The van der Waals surface area contributed by atoms with Gasteiger partial charge in [0, 0.05) is 18.2 Å². The third kappa shape index (κ3) is 3.78. The maximum absolute atomic E-state index is 13.0. The molecule has 1 saturated heterocycles. The molecule has 0 aromatic heterocycles. The summed E-state index contributed by atoms with van der Waals surface area (Å²) in [4.78, 5) is 11.7. The average Bonchev–Trinajstić information content (AvgIpc) is 2.84. The Morgan fingerprint density at radius 1 is 1.56 bits per heavy atom. The first-order chi connectivity index (χ1) is 8.65. The lowest BCUT2D eigenvalue weighted by Crippen LogP contribution is -2.23. The van der Waals surface area contributed by atoms with Crippen molar-refractivity contribution in [3.8, 4) is 0 Å². The molecule has 18 heavy (non-hydrogen) atoms. The van der Waals surface area contributed by atoms with E-state index in [4.69, 9.17) is 0 Å². The van der Waals surface area contributed by atoms with Gasteiger partial charge in [0.25, 0.3) is 0 Å². The second kappa shape index (κ2) is 6.29. The Hall–Kier alpha value is -0.940. The van der Waals surface area contributed by atoms with Crippen LogP contribution in [0.25, 0.3) is 0 Å². The summed E-state index contributed by atoms with van der Waals surface area (Å²) in [5.74, 6) is -0.356. The maximum Gasteiger partial charge on any atom is 0.224 e. The first-order valence-electron chi connectivity index (χ1n) is 6.13. The van der Waals surface area contributed by atoms with Crippen molar-refractivity contribution in [1.29, 1.82) is 0 Å². The fourth-order valence-corrected chi connectivity index (χ4v) is 2.48. The van der Waals surface area contributed by atoms with Crippen molar-refractivity contribution in [1.82, 2.24) is 5.32 Å². The van der Waals surface area contributed by atoms with Gasteiger partial charge in [0.2, 0.25) is 5.91 Å². The van der Waals surface area contributed by atoms with E-state index in [1.807, 2.05) is 0 Å². The molecule has 1 fully saturated rings. The number of hydrogen-bond donors (Lipinski definition) is 2. The lowest BCUT2D eigenvalue weighted by atomic mass is 10.1. The highest BCUT2D eigenvalue weighted by atomic mass is 79.9. The molecule has 0 aliphatic carbocycles. The highest BCUT2D eigenvalue weighted by molar-refractivity contribution is 9.10. The number of carbonyl (C=O) groups excluding carboxylic acids is 1. The molecule has 0 bridgehead atoms. The van der Waals surface area contributed by atoms with Crippen LogP contribution in [-0.4, -0.2) is 18.5 Å². The topological polar surface area (TPSA) is 41.1 Å². The summed E-state index contributed by atoms with van der Waals surface area (Å²) in [6, 6.07) is 4.93. The third-order valence-corrected chi connectivity index (χ3v) is 3.69. The lowest BCUT2D eigenvalue weighted by Gasteiger charge is -2.10. The van der Waals surface area contributed by atoms with E-state index in [9.17, 15) is 9.18 Å². The van der Waals surface area contributed by atoms with Crippen LogP contribution in [0.2, 0.25) is 0 Å². The minimum Gasteiger partial charge on any atom is -0.326 e. The molecule has 1 atom stereocenters. The van der Waals surface area contributed by atoms with Gasteiger partial charge in [0.1, 0.15) is 5.82 Å². The van der Waals surface area contributed by atoms with Gasteiger partial charge in [-0.15, -0.1) is 0 Å². The molecule has 1 amide bonds. The van der Waals surface area contributed by atoms with Gasteiger partial charge in [0.05, 0.1) is 4.47 Å². The molecule has 1 unspecified atom stereocenters. The van der Waals surface area contributed by atoms with Gasteiger partial charge in [-0.05, 0) is 59.9 Å². The molecule has 1 aromatic carbocycles. The van der Waals surface area contributed by atoms with Crippen LogP contribution in [0, 0.1) is 5.82 Å². The molecule has 0 spiro atoms. The van der Waals surface area contributed by atoms with Crippen molar-refractivity contribution in [3.63, 3.8) is 0 Å². The van der Waals surface area contributed by atoms with Crippen molar-refractivity contribution in [2.75, 3.05) is 11.9 Å². The summed E-state index contributed by atoms with van der Waals surface area (Å²) in [5.41, 5.74) is 0.618. The van der Waals surface area contributed by atoms with Gasteiger partial charge in [-0.25, -0.2) is 4.39 Å². The SMILES string of the molecule is O=C(CCC1CCCN1)Nc1ccc(F)c(Br)c1. The molecule has 0 saturated carbocycles. The summed E-state index contributed by atoms with van der Waals surface area (Å²) < 4.78 is 13.4. The highest BCUT2D eigenvalue weighted by Gasteiger charge is 2.15. The molecule has 98 valence electrons. The van der Waals surface area contributed by atoms with E-state index < -0.39 is 0 Å². The Morgan fingerprint density at radius 3 is 3.06 bits per heavy atom. The molecule has 1 aromatic rings. The Kier molecular flexibility index (Phi) is 4.72. The van der Waals surface area contributed by atoms with Gasteiger partial charge < -0.3 is 10.6 Å². The number of halogens is 2. The second-order valence-electron chi connectivity index (χ2n) is 4.51. The van der Waals surface area contributed by atoms with Gasteiger partial charge in [-0.1, -0.05) is 0 Å².